The molecule has 0 amide bonds. The highest BCUT2D eigenvalue weighted by Crippen LogP contribution is 2.37. The van der Waals surface area contributed by atoms with Crippen molar-refractivity contribution in [2.45, 2.75) is 0 Å². The summed E-state index contributed by atoms with van der Waals surface area (Å²) in [5.74, 6) is 1.76. The second kappa shape index (κ2) is 8.81. The molecule has 0 aliphatic heterocycles. The summed E-state index contributed by atoms with van der Waals surface area (Å²) in [5, 5.41) is 4.56. The SMILES string of the molecule is c1ccc(-c2nc(-c3ccccc3)nc(-n3c4ccccc4c4c3nc3c5ccccc5c5ccccc5n34)n2)cc1. The molecule has 9 rings (SSSR count). The molecule has 6 heteroatoms. The molecule has 0 spiro atoms. The molecule has 0 fully saturated rings. The molecular formula is C36H22N6. The molecule has 0 saturated heterocycles. The third-order valence-corrected chi connectivity index (χ3v) is 7.96. The molecule has 0 aliphatic carbocycles. The third-order valence-electron chi connectivity index (χ3n) is 7.96. The fourth-order valence-corrected chi connectivity index (χ4v) is 6.11. The van der Waals surface area contributed by atoms with Crippen LogP contribution < -0.4 is 0 Å². The number of para-hydroxylation sites is 2. The predicted octanol–water partition coefficient (Wildman–Crippen LogP) is 8.26. The lowest BCUT2D eigenvalue weighted by atomic mass is 10.1. The first kappa shape index (κ1) is 22.9. The van der Waals surface area contributed by atoms with Crippen molar-refractivity contribution in [3.05, 3.63) is 133 Å². The van der Waals surface area contributed by atoms with E-state index in [9.17, 15) is 0 Å². The van der Waals surface area contributed by atoms with E-state index in [-0.39, 0.29) is 0 Å². The summed E-state index contributed by atoms with van der Waals surface area (Å²) in [5.41, 5.74) is 6.71. The van der Waals surface area contributed by atoms with Crippen LogP contribution in [0.25, 0.3) is 78.1 Å². The second-order valence-electron chi connectivity index (χ2n) is 10.4. The number of fused-ring (bicyclic) bond motifs is 10. The van der Waals surface area contributed by atoms with Crippen LogP contribution in [0.1, 0.15) is 0 Å². The van der Waals surface area contributed by atoms with Gasteiger partial charge in [0, 0.05) is 27.3 Å². The first-order valence-corrected chi connectivity index (χ1v) is 13.9. The Labute approximate surface area is 240 Å². The van der Waals surface area contributed by atoms with Crippen LogP contribution in [-0.2, 0) is 0 Å². The topological polar surface area (TPSA) is 60.9 Å². The molecule has 9 aromatic rings. The largest absolute Gasteiger partial charge is 0.289 e. The van der Waals surface area contributed by atoms with Gasteiger partial charge in [-0.15, -0.1) is 0 Å². The van der Waals surface area contributed by atoms with Crippen LogP contribution in [-0.4, -0.2) is 28.9 Å². The van der Waals surface area contributed by atoms with Gasteiger partial charge in [0.25, 0.3) is 0 Å². The maximum atomic E-state index is 5.34. The Morgan fingerprint density at radius 3 is 1.57 bits per heavy atom. The number of rotatable bonds is 3. The van der Waals surface area contributed by atoms with Crippen LogP contribution in [0.4, 0.5) is 0 Å². The lowest BCUT2D eigenvalue weighted by Crippen LogP contribution is -2.06. The molecule has 4 heterocycles. The van der Waals surface area contributed by atoms with Crippen LogP contribution in [0.3, 0.4) is 0 Å². The van der Waals surface area contributed by atoms with E-state index in [1.165, 1.54) is 10.8 Å². The predicted molar refractivity (Wildman–Crippen MR) is 169 cm³/mol. The lowest BCUT2D eigenvalue weighted by Gasteiger charge is -2.10. The van der Waals surface area contributed by atoms with Gasteiger partial charge in [-0.2, -0.15) is 9.97 Å². The van der Waals surface area contributed by atoms with E-state index >= 15 is 0 Å². The van der Waals surface area contributed by atoms with E-state index in [4.69, 9.17) is 19.9 Å². The van der Waals surface area contributed by atoms with Gasteiger partial charge in [-0.3, -0.25) is 8.97 Å². The summed E-state index contributed by atoms with van der Waals surface area (Å²) < 4.78 is 4.38. The van der Waals surface area contributed by atoms with Crippen molar-refractivity contribution >= 4 is 49.4 Å². The fraction of sp³-hybridized carbons (Fsp3) is 0. The van der Waals surface area contributed by atoms with Crippen molar-refractivity contribution in [2.75, 3.05) is 0 Å². The molecule has 196 valence electrons. The Balaban J connectivity index is 1.45. The minimum atomic E-state index is 0.533. The zero-order valence-electron chi connectivity index (χ0n) is 22.4. The normalized spacial score (nSPS) is 11.8. The fourth-order valence-electron chi connectivity index (χ4n) is 6.11. The van der Waals surface area contributed by atoms with Gasteiger partial charge < -0.3 is 0 Å². The Morgan fingerprint density at radius 1 is 0.381 bits per heavy atom. The van der Waals surface area contributed by atoms with Gasteiger partial charge in [0.2, 0.25) is 5.95 Å². The van der Waals surface area contributed by atoms with Crippen LogP contribution in [0.2, 0.25) is 0 Å². The maximum absolute atomic E-state index is 5.34. The molecule has 0 atom stereocenters. The molecular weight excluding hydrogens is 516 g/mol. The monoisotopic (exact) mass is 538 g/mol. The highest BCUT2D eigenvalue weighted by Gasteiger charge is 2.23. The Kier molecular flexibility index (Phi) is 4.80. The van der Waals surface area contributed by atoms with Gasteiger partial charge >= 0.3 is 0 Å². The molecule has 6 nitrogen and oxygen atoms in total. The molecule has 0 saturated carbocycles. The van der Waals surface area contributed by atoms with Crippen molar-refractivity contribution in [3.8, 4) is 28.7 Å². The standard InChI is InChI=1S/C36H22N6/c1-3-13-23(14-4-1)32-37-33(24-15-5-2-6-16-24)39-36(38-32)42-30-22-12-10-20-28(30)31-35(42)40-34-27-19-8-7-17-25(27)26-18-9-11-21-29(26)41(31)34/h1-22H. The van der Waals surface area contributed by atoms with Crippen LogP contribution in [0, 0.1) is 0 Å². The average molecular weight is 539 g/mol. The number of aromatic nitrogens is 6. The highest BCUT2D eigenvalue weighted by atomic mass is 15.2. The molecule has 0 aliphatic rings. The molecule has 0 unspecified atom stereocenters. The van der Waals surface area contributed by atoms with Crippen molar-refractivity contribution in [1.82, 2.24) is 28.9 Å². The van der Waals surface area contributed by atoms with Crippen LogP contribution >= 0.6 is 0 Å². The lowest BCUT2D eigenvalue weighted by molar-refractivity contribution is 0.947. The van der Waals surface area contributed by atoms with Crippen molar-refractivity contribution in [2.24, 2.45) is 0 Å². The first-order chi connectivity index (χ1) is 20.8. The van der Waals surface area contributed by atoms with E-state index in [1.807, 2.05) is 60.7 Å². The van der Waals surface area contributed by atoms with Gasteiger partial charge in [0.05, 0.1) is 11.0 Å². The van der Waals surface area contributed by atoms with E-state index in [1.54, 1.807) is 0 Å². The summed E-state index contributed by atoms with van der Waals surface area (Å²) in [7, 11) is 0. The van der Waals surface area contributed by atoms with Gasteiger partial charge in [-0.1, -0.05) is 121 Å². The zero-order valence-corrected chi connectivity index (χ0v) is 22.4. The Morgan fingerprint density at radius 2 is 0.905 bits per heavy atom. The average Bonchev–Trinajstić information content (AvgIpc) is 3.61. The number of pyridine rings is 1. The second-order valence-corrected chi connectivity index (χ2v) is 10.4. The van der Waals surface area contributed by atoms with Crippen LogP contribution in [0.15, 0.2) is 133 Å². The number of nitrogens with zero attached hydrogens (tertiary/aromatic N) is 6. The van der Waals surface area contributed by atoms with Crippen molar-refractivity contribution in [1.29, 1.82) is 0 Å². The molecule has 5 aromatic carbocycles. The minimum Gasteiger partial charge on any atom is -0.289 e. The highest BCUT2D eigenvalue weighted by molar-refractivity contribution is 6.17. The number of imidazole rings is 1. The minimum absolute atomic E-state index is 0.533. The first-order valence-electron chi connectivity index (χ1n) is 13.9. The number of hydrogen-bond donors (Lipinski definition) is 0. The summed E-state index contributed by atoms with van der Waals surface area (Å²) >= 11 is 0. The van der Waals surface area contributed by atoms with Gasteiger partial charge in [0.1, 0.15) is 11.2 Å². The number of benzene rings is 5. The van der Waals surface area contributed by atoms with Crippen LogP contribution in [0.5, 0.6) is 0 Å². The summed E-state index contributed by atoms with van der Waals surface area (Å²) in [6, 6.07) is 45.6. The van der Waals surface area contributed by atoms with Gasteiger partial charge in [-0.05, 0) is 17.5 Å². The van der Waals surface area contributed by atoms with Gasteiger partial charge in [-0.25, -0.2) is 9.97 Å². The van der Waals surface area contributed by atoms with Gasteiger partial charge in [0.15, 0.2) is 17.3 Å². The third kappa shape index (κ3) is 3.26. The molecule has 4 aromatic heterocycles. The van der Waals surface area contributed by atoms with Crippen molar-refractivity contribution in [3.63, 3.8) is 0 Å². The molecule has 0 radical (unpaired) electrons. The smallest absolute Gasteiger partial charge is 0.240 e. The molecule has 42 heavy (non-hydrogen) atoms. The molecule has 0 bridgehead atoms. The summed E-state index contributed by atoms with van der Waals surface area (Å²) in [6.07, 6.45) is 0. The van der Waals surface area contributed by atoms with E-state index in [2.05, 4.69) is 81.8 Å². The Hall–Kier alpha value is -5.88. The summed E-state index contributed by atoms with van der Waals surface area (Å²) in [4.78, 5) is 20.4. The quantitative estimate of drug-likeness (QED) is 0.213. The molecule has 0 N–H and O–H groups in total. The van der Waals surface area contributed by atoms with Crippen molar-refractivity contribution < 1.29 is 0 Å². The maximum Gasteiger partial charge on any atom is 0.240 e. The van der Waals surface area contributed by atoms with E-state index in [0.717, 1.165) is 49.7 Å². The summed E-state index contributed by atoms with van der Waals surface area (Å²) in [6.45, 7) is 0. The van der Waals surface area contributed by atoms with E-state index in [0.29, 0.717) is 17.6 Å². The zero-order chi connectivity index (χ0) is 27.6. The number of hydrogen-bond acceptors (Lipinski definition) is 4. The Bertz CT molecular complexity index is 2400. The van der Waals surface area contributed by atoms with E-state index < -0.39 is 0 Å².